The second kappa shape index (κ2) is 6.35. The summed E-state index contributed by atoms with van der Waals surface area (Å²) in [6, 6.07) is 3.96. The summed E-state index contributed by atoms with van der Waals surface area (Å²) >= 11 is 0. The quantitative estimate of drug-likeness (QED) is 0.898. The molecule has 0 spiro atoms. The highest BCUT2D eigenvalue weighted by Crippen LogP contribution is 2.40. The van der Waals surface area contributed by atoms with Crippen molar-refractivity contribution in [1.29, 1.82) is 0 Å². The summed E-state index contributed by atoms with van der Waals surface area (Å²) in [5.41, 5.74) is 0.603. The summed E-state index contributed by atoms with van der Waals surface area (Å²) in [6.07, 6.45) is 7.33. The van der Waals surface area contributed by atoms with Crippen LogP contribution in [-0.4, -0.2) is 34.6 Å². The van der Waals surface area contributed by atoms with Gasteiger partial charge < -0.3 is 10.0 Å². The van der Waals surface area contributed by atoms with Gasteiger partial charge in [-0.15, -0.1) is 0 Å². The zero-order valence-electron chi connectivity index (χ0n) is 12.4. The molecule has 0 aromatic carbocycles. The summed E-state index contributed by atoms with van der Waals surface area (Å²) in [5.74, 6) is -0.125. The zero-order valence-corrected chi connectivity index (χ0v) is 12.4. The fraction of sp³-hybridized carbons (Fsp3) is 0.625. The van der Waals surface area contributed by atoms with Gasteiger partial charge in [-0.3, -0.25) is 9.78 Å². The fourth-order valence-corrected chi connectivity index (χ4v) is 3.44. The predicted molar refractivity (Wildman–Crippen MR) is 78.3 cm³/mol. The Balaban J connectivity index is 2.03. The Kier molecular flexibility index (Phi) is 4.76. The Bertz CT molecular complexity index is 449. The molecule has 2 unspecified atom stereocenters. The molecule has 0 saturated heterocycles. The Hall–Kier alpha value is -1.42. The lowest BCUT2D eigenvalue weighted by Gasteiger charge is -2.39. The predicted octanol–water partition coefficient (Wildman–Crippen LogP) is 2.79. The van der Waals surface area contributed by atoms with Gasteiger partial charge in [0.05, 0.1) is 5.41 Å². The third-order valence-electron chi connectivity index (χ3n) is 4.32. The first-order valence-electron chi connectivity index (χ1n) is 7.33. The fourth-order valence-electron chi connectivity index (χ4n) is 3.44. The maximum atomic E-state index is 11.8. The number of carbonyl (C=O) groups is 1. The lowest BCUT2D eigenvalue weighted by atomic mass is 9.69. The van der Waals surface area contributed by atoms with Gasteiger partial charge in [-0.1, -0.05) is 19.8 Å². The van der Waals surface area contributed by atoms with Gasteiger partial charge in [-0.25, -0.2) is 0 Å². The standard InChI is InChI=1S/C16H24N2O2/c1-13-4-3-7-16(10-13,15(19)20)12-18(2)11-14-5-8-17-9-6-14/h5-6,8-9,13H,3-4,7,10-12H2,1-2H3,(H,19,20). The molecule has 1 N–H and O–H groups in total. The molecule has 4 heteroatoms. The molecule has 0 aliphatic heterocycles. The lowest BCUT2D eigenvalue weighted by molar-refractivity contribution is -0.153. The van der Waals surface area contributed by atoms with Gasteiger partial charge in [0.2, 0.25) is 0 Å². The van der Waals surface area contributed by atoms with Gasteiger partial charge in [0, 0.05) is 25.5 Å². The molecular weight excluding hydrogens is 252 g/mol. The van der Waals surface area contributed by atoms with E-state index in [4.69, 9.17) is 0 Å². The molecule has 2 rings (SSSR count). The molecule has 1 aromatic rings. The highest BCUT2D eigenvalue weighted by molar-refractivity contribution is 5.75. The number of hydrogen-bond donors (Lipinski definition) is 1. The Morgan fingerprint density at radius 2 is 2.20 bits per heavy atom. The van der Waals surface area contributed by atoms with Crippen molar-refractivity contribution in [3.63, 3.8) is 0 Å². The summed E-state index contributed by atoms with van der Waals surface area (Å²) in [5, 5.41) is 9.68. The number of rotatable bonds is 5. The van der Waals surface area contributed by atoms with Crippen molar-refractivity contribution < 1.29 is 9.90 Å². The summed E-state index contributed by atoms with van der Waals surface area (Å²) in [4.78, 5) is 17.9. The smallest absolute Gasteiger partial charge is 0.310 e. The topological polar surface area (TPSA) is 53.4 Å². The van der Waals surface area contributed by atoms with E-state index in [1.54, 1.807) is 12.4 Å². The summed E-state index contributed by atoms with van der Waals surface area (Å²) < 4.78 is 0. The third-order valence-corrected chi connectivity index (χ3v) is 4.32. The number of aromatic nitrogens is 1. The van der Waals surface area contributed by atoms with Gasteiger partial charge in [-0.2, -0.15) is 0 Å². The number of aliphatic carboxylic acids is 1. The van der Waals surface area contributed by atoms with E-state index in [2.05, 4.69) is 16.8 Å². The number of carboxylic acids is 1. The van der Waals surface area contributed by atoms with Crippen LogP contribution in [0.1, 0.15) is 38.2 Å². The zero-order chi connectivity index (χ0) is 14.6. The average Bonchev–Trinajstić information content (AvgIpc) is 2.39. The monoisotopic (exact) mass is 276 g/mol. The number of pyridine rings is 1. The van der Waals surface area contributed by atoms with Crippen LogP contribution in [0.5, 0.6) is 0 Å². The number of nitrogens with zero attached hydrogens (tertiary/aromatic N) is 2. The van der Waals surface area contributed by atoms with E-state index in [1.807, 2.05) is 19.2 Å². The van der Waals surface area contributed by atoms with E-state index in [9.17, 15) is 9.90 Å². The first kappa shape index (κ1) is 15.0. The normalized spacial score (nSPS) is 26.6. The molecule has 1 heterocycles. The van der Waals surface area contributed by atoms with Crippen LogP contribution in [0.4, 0.5) is 0 Å². The van der Waals surface area contributed by atoms with Crippen molar-refractivity contribution in [3.05, 3.63) is 30.1 Å². The van der Waals surface area contributed by atoms with E-state index in [1.165, 1.54) is 5.56 Å². The first-order chi connectivity index (χ1) is 9.52. The van der Waals surface area contributed by atoms with Crippen LogP contribution in [0.3, 0.4) is 0 Å². The molecule has 2 atom stereocenters. The Morgan fingerprint density at radius 1 is 1.50 bits per heavy atom. The van der Waals surface area contributed by atoms with Gasteiger partial charge in [0.25, 0.3) is 0 Å². The van der Waals surface area contributed by atoms with E-state index in [0.29, 0.717) is 12.5 Å². The minimum atomic E-state index is -0.634. The molecule has 4 nitrogen and oxygen atoms in total. The molecule has 110 valence electrons. The summed E-state index contributed by atoms with van der Waals surface area (Å²) in [7, 11) is 2.00. The third kappa shape index (κ3) is 3.57. The van der Waals surface area contributed by atoms with Crippen LogP contribution in [0, 0.1) is 11.3 Å². The first-order valence-corrected chi connectivity index (χ1v) is 7.33. The van der Waals surface area contributed by atoms with Crippen molar-refractivity contribution in [2.24, 2.45) is 11.3 Å². The molecule has 0 bridgehead atoms. The lowest BCUT2D eigenvalue weighted by Crippen LogP contribution is -2.44. The second-order valence-corrected chi connectivity index (χ2v) is 6.31. The Labute approximate surface area is 120 Å². The maximum Gasteiger partial charge on any atom is 0.310 e. The van der Waals surface area contributed by atoms with Crippen molar-refractivity contribution in [2.75, 3.05) is 13.6 Å². The molecule has 1 aliphatic rings. The van der Waals surface area contributed by atoms with Crippen LogP contribution >= 0.6 is 0 Å². The van der Waals surface area contributed by atoms with Gasteiger partial charge >= 0.3 is 5.97 Å². The highest BCUT2D eigenvalue weighted by atomic mass is 16.4. The van der Waals surface area contributed by atoms with Crippen molar-refractivity contribution >= 4 is 5.97 Å². The van der Waals surface area contributed by atoms with Crippen LogP contribution < -0.4 is 0 Å². The molecule has 1 aliphatic carbocycles. The molecule has 20 heavy (non-hydrogen) atoms. The largest absolute Gasteiger partial charge is 0.481 e. The maximum absolute atomic E-state index is 11.8. The second-order valence-electron chi connectivity index (χ2n) is 6.31. The molecule has 1 fully saturated rings. The van der Waals surface area contributed by atoms with E-state index in [-0.39, 0.29) is 0 Å². The van der Waals surface area contributed by atoms with Crippen LogP contribution in [0.25, 0.3) is 0 Å². The molecule has 1 saturated carbocycles. The number of carboxylic acid groups (broad SMARTS) is 1. The van der Waals surface area contributed by atoms with Crippen LogP contribution in [0.15, 0.2) is 24.5 Å². The van der Waals surface area contributed by atoms with Crippen molar-refractivity contribution in [1.82, 2.24) is 9.88 Å². The van der Waals surface area contributed by atoms with Crippen LogP contribution in [0.2, 0.25) is 0 Å². The molecule has 1 aromatic heterocycles. The van der Waals surface area contributed by atoms with Gasteiger partial charge in [0.1, 0.15) is 0 Å². The van der Waals surface area contributed by atoms with Crippen LogP contribution in [-0.2, 0) is 11.3 Å². The highest BCUT2D eigenvalue weighted by Gasteiger charge is 2.42. The molecule has 0 amide bonds. The minimum absolute atomic E-state index is 0.508. The minimum Gasteiger partial charge on any atom is -0.481 e. The molecular formula is C16H24N2O2. The van der Waals surface area contributed by atoms with Crippen molar-refractivity contribution in [3.8, 4) is 0 Å². The van der Waals surface area contributed by atoms with Gasteiger partial charge in [-0.05, 0) is 43.5 Å². The van der Waals surface area contributed by atoms with Crippen molar-refractivity contribution in [2.45, 2.75) is 39.2 Å². The van der Waals surface area contributed by atoms with E-state index in [0.717, 1.165) is 32.2 Å². The SMILES string of the molecule is CC1CCCC(CN(C)Cc2ccncc2)(C(=O)O)C1. The average molecular weight is 276 g/mol. The summed E-state index contributed by atoms with van der Waals surface area (Å²) in [6.45, 7) is 3.56. The van der Waals surface area contributed by atoms with E-state index >= 15 is 0 Å². The molecule has 0 radical (unpaired) electrons. The Morgan fingerprint density at radius 3 is 2.80 bits per heavy atom. The van der Waals surface area contributed by atoms with Gasteiger partial charge in [0.15, 0.2) is 0 Å². The van der Waals surface area contributed by atoms with E-state index < -0.39 is 11.4 Å². The number of hydrogen-bond acceptors (Lipinski definition) is 3.